The maximum Gasteiger partial charge on any atom is 0.153 e. The lowest BCUT2D eigenvalue weighted by Gasteiger charge is -2.04. The Morgan fingerprint density at radius 1 is 1.55 bits per heavy atom. The topological polar surface area (TPSA) is 43.3 Å². The molecule has 1 atom stereocenters. The summed E-state index contributed by atoms with van der Waals surface area (Å²) in [6, 6.07) is 4.79. The molecule has 1 aromatic carbocycles. The molecule has 1 unspecified atom stereocenters. The Hall–Kier alpha value is -0.190. The molecule has 0 aliphatic carbocycles. The molecule has 1 rings (SSSR count). The van der Waals surface area contributed by atoms with Gasteiger partial charge in [-0.2, -0.15) is 0 Å². The monoisotopic (exact) mass is 234 g/mol. The van der Waals surface area contributed by atoms with Gasteiger partial charge in [0.1, 0.15) is 12.0 Å². The molecule has 0 spiro atoms. The number of halogens is 1. The van der Waals surface area contributed by atoms with E-state index in [9.17, 15) is 4.55 Å². The van der Waals surface area contributed by atoms with Crippen LogP contribution in [-0.2, 0) is 11.2 Å². The van der Waals surface area contributed by atoms with Crippen LogP contribution in [0, 0.1) is 0 Å². The molecule has 0 amide bonds. The van der Waals surface area contributed by atoms with E-state index in [-0.39, 0.29) is 5.75 Å². The van der Waals surface area contributed by atoms with Gasteiger partial charge in [-0.3, -0.25) is 0 Å². The van der Waals surface area contributed by atoms with Crippen LogP contribution in [0.25, 0.3) is 0 Å². The third-order valence-corrected chi connectivity index (χ3v) is 2.80. The Morgan fingerprint density at radius 3 is 2.64 bits per heavy atom. The summed E-state index contributed by atoms with van der Waals surface area (Å²) in [7, 11) is 0. The van der Waals surface area contributed by atoms with E-state index in [1.807, 2.05) is 0 Å². The summed E-state index contributed by atoms with van der Waals surface area (Å²) in [5, 5.41) is 9.08. The summed E-state index contributed by atoms with van der Waals surface area (Å²) in [4.78, 5) is 0.703. The van der Waals surface area contributed by atoms with Crippen molar-refractivity contribution in [3.63, 3.8) is 0 Å². The van der Waals surface area contributed by atoms with Gasteiger partial charge in [0.25, 0.3) is 0 Å². The largest absolute Gasteiger partial charge is 0.612 e. The van der Waals surface area contributed by atoms with Gasteiger partial charge in [0.15, 0.2) is 4.90 Å². The van der Waals surface area contributed by atoms with Gasteiger partial charge >= 0.3 is 0 Å². The fourth-order valence-corrected chi connectivity index (χ4v) is 1.74. The lowest BCUT2D eigenvalue weighted by Crippen LogP contribution is -1.96. The van der Waals surface area contributed by atoms with Crippen molar-refractivity contribution in [1.82, 2.24) is 0 Å². The predicted molar refractivity (Wildman–Crippen MR) is 48.1 cm³/mol. The molecule has 2 nitrogen and oxygen atoms in total. The Bertz CT molecular complexity index is 263. The second-order valence-corrected chi connectivity index (χ2v) is 4.30. The summed E-state index contributed by atoms with van der Waals surface area (Å²) >= 11 is 2.14. The van der Waals surface area contributed by atoms with E-state index in [0.717, 1.165) is 0 Å². The average Bonchev–Trinajstić information content (AvgIpc) is 1.94. The first-order chi connectivity index (χ1) is 5.11. The highest BCUT2D eigenvalue weighted by molar-refractivity contribution is 9.10. The normalized spacial score (nSPS) is 13.0. The summed E-state index contributed by atoms with van der Waals surface area (Å²) in [5.41, 5.74) is 0. The standard InChI is InChI=1S/C7H7BrO2S/c1-11(10)5-2-3-7(9)6(8)4-5/h2-4,9H,1H3. The Labute approximate surface area is 76.6 Å². The van der Waals surface area contributed by atoms with Crippen molar-refractivity contribution >= 4 is 27.1 Å². The molecule has 1 N–H and O–H groups in total. The Balaban J connectivity index is 3.05. The highest BCUT2D eigenvalue weighted by atomic mass is 79.9. The van der Waals surface area contributed by atoms with Gasteiger partial charge in [-0.25, -0.2) is 0 Å². The minimum absolute atomic E-state index is 0.166. The molecule has 11 heavy (non-hydrogen) atoms. The zero-order valence-corrected chi connectivity index (χ0v) is 8.28. The maximum atomic E-state index is 10.9. The molecule has 0 heterocycles. The van der Waals surface area contributed by atoms with Crippen molar-refractivity contribution in [2.45, 2.75) is 4.90 Å². The molecule has 0 saturated carbocycles. The third kappa shape index (κ3) is 2.12. The van der Waals surface area contributed by atoms with Crippen molar-refractivity contribution < 1.29 is 9.66 Å². The molecule has 0 aliphatic heterocycles. The maximum absolute atomic E-state index is 10.9. The molecular formula is C7H7BrO2S. The van der Waals surface area contributed by atoms with Crippen LogP contribution in [0.2, 0.25) is 0 Å². The molecule has 0 radical (unpaired) electrons. The van der Waals surface area contributed by atoms with Gasteiger partial charge in [0, 0.05) is 6.07 Å². The second kappa shape index (κ2) is 3.47. The summed E-state index contributed by atoms with van der Waals surface area (Å²) in [6.45, 7) is 0. The zero-order chi connectivity index (χ0) is 8.43. The molecule has 1 aromatic rings. The van der Waals surface area contributed by atoms with Crippen molar-refractivity contribution in [3.05, 3.63) is 22.7 Å². The van der Waals surface area contributed by atoms with Gasteiger partial charge in [0.2, 0.25) is 0 Å². The predicted octanol–water partition coefficient (Wildman–Crippen LogP) is 1.89. The van der Waals surface area contributed by atoms with E-state index in [1.165, 1.54) is 6.07 Å². The van der Waals surface area contributed by atoms with Crippen molar-refractivity contribution in [2.75, 3.05) is 6.26 Å². The lowest BCUT2D eigenvalue weighted by atomic mass is 10.3. The minimum Gasteiger partial charge on any atom is -0.612 e. The Kier molecular flexibility index (Phi) is 2.81. The van der Waals surface area contributed by atoms with Crippen LogP contribution in [0.1, 0.15) is 0 Å². The fraction of sp³-hybridized carbons (Fsp3) is 0.143. The summed E-state index contributed by atoms with van der Waals surface area (Å²) in [6.07, 6.45) is 1.60. The number of hydrogen-bond acceptors (Lipinski definition) is 2. The third-order valence-electron chi connectivity index (χ3n) is 1.25. The summed E-state index contributed by atoms with van der Waals surface area (Å²) in [5.74, 6) is 0.166. The van der Waals surface area contributed by atoms with Gasteiger partial charge in [-0.05, 0) is 39.2 Å². The van der Waals surface area contributed by atoms with Crippen molar-refractivity contribution in [2.24, 2.45) is 0 Å². The number of aromatic hydroxyl groups is 1. The van der Waals surface area contributed by atoms with Crippen LogP contribution in [-0.4, -0.2) is 15.9 Å². The van der Waals surface area contributed by atoms with E-state index in [1.54, 1.807) is 18.4 Å². The average molecular weight is 235 g/mol. The molecular weight excluding hydrogens is 228 g/mol. The fourth-order valence-electron chi connectivity index (χ4n) is 0.666. The van der Waals surface area contributed by atoms with Gasteiger partial charge in [0.05, 0.1) is 4.47 Å². The molecule has 0 aliphatic rings. The SMILES string of the molecule is C[S+]([O-])c1ccc(O)c(Br)c1. The van der Waals surface area contributed by atoms with Crippen molar-refractivity contribution in [3.8, 4) is 5.75 Å². The first-order valence-electron chi connectivity index (χ1n) is 2.93. The van der Waals surface area contributed by atoms with Crippen LogP contribution in [0.3, 0.4) is 0 Å². The van der Waals surface area contributed by atoms with Crippen LogP contribution in [0.15, 0.2) is 27.6 Å². The van der Waals surface area contributed by atoms with Crippen LogP contribution in [0.5, 0.6) is 5.75 Å². The Morgan fingerprint density at radius 2 is 2.18 bits per heavy atom. The smallest absolute Gasteiger partial charge is 0.153 e. The van der Waals surface area contributed by atoms with E-state index >= 15 is 0 Å². The van der Waals surface area contributed by atoms with E-state index in [2.05, 4.69) is 15.9 Å². The number of rotatable bonds is 1. The highest BCUT2D eigenvalue weighted by Gasteiger charge is 2.06. The molecule has 0 saturated heterocycles. The van der Waals surface area contributed by atoms with E-state index in [4.69, 9.17) is 5.11 Å². The number of phenolic OH excluding ortho intramolecular Hbond substituents is 1. The van der Waals surface area contributed by atoms with E-state index in [0.29, 0.717) is 9.37 Å². The lowest BCUT2D eigenvalue weighted by molar-refractivity contribution is 0.471. The van der Waals surface area contributed by atoms with Gasteiger partial charge < -0.3 is 9.66 Å². The molecule has 0 fully saturated rings. The summed E-state index contributed by atoms with van der Waals surface area (Å²) < 4.78 is 11.5. The first-order valence-corrected chi connectivity index (χ1v) is 5.28. The zero-order valence-electron chi connectivity index (χ0n) is 5.87. The molecule has 0 aromatic heterocycles. The van der Waals surface area contributed by atoms with Crippen LogP contribution >= 0.6 is 15.9 Å². The number of benzene rings is 1. The van der Waals surface area contributed by atoms with E-state index < -0.39 is 11.2 Å². The second-order valence-electron chi connectivity index (χ2n) is 2.07. The first kappa shape index (κ1) is 8.90. The number of phenols is 1. The minimum atomic E-state index is -0.989. The molecule has 0 bridgehead atoms. The van der Waals surface area contributed by atoms with Crippen LogP contribution < -0.4 is 0 Å². The molecule has 60 valence electrons. The highest BCUT2D eigenvalue weighted by Crippen LogP contribution is 2.25. The van der Waals surface area contributed by atoms with Gasteiger partial charge in [-0.1, -0.05) is 0 Å². The quantitative estimate of drug-likeness (QED) is 0.755. The molecule has 4 heteroatoms. The number of hydrogen-bond donors (Lipinski definition) is 1. The van der Waals surface area contributed by atoms with Crippen molar-refractivity contribution in [1.29, 1.82) is 0 Å². The van der Waals surface area contributed by atoms with Crippen LogP contribution in [0.4, 0.5) is 0 Å². The van der Waals surface area contributed by atoms with Gasteiger partial charge in [-0.15, -0.1) is 0 Å².